The van der Waals surface area contributed by atoms with E-state index in [2.05, 4.69) is 4.99 Å². The Morgan fingerprint density at radius 3 is 1.27 bits per heavy atom. The van der Waals surface area contributed by atoms with Crippen molar-refractivity contribution in [3.8, 4) is 0 Å². The lowest BCUT2D eigenvalue weighted by molar-refractivity contribution is 0.0702. The Bertz CT molecular complexity index is 394. The minimum atomic E-state index is -2.54. The molecular formula is C19H44N2O7Si2. The molecule has 2 N–H and O–H groups in total. The van der Waals surface area contributed by atoms with Crippen molar-refractivity contribution >= 4 is 23.7 Å². The lowest BCUT2D eigenvalue weighted by atomic mass is 10.5. The summed E-state index contributed by atoms with van der Waals surface area (Å²) in [4.78, 5) is 13.4. The van der Waals surface area contributed by atoms with Crippen LogP contribution in [0.1, 0.15) is 54.4 Å². The van der Waals surface area contributed by atoms with E-state index in [-0.39, 0.29) is 0 Å². The van der Waals surface area contributed by atoms with E-state index in [1.807, 2.05) is 41.5 Å². The Hall–Kier alpha value is -0.466. The van der Waals surface area contributed by atoms with E-state index < -0.39 is 17.6 Å². The predicted molar refractivity (Wildman–Crippen MR) is 122 cm³/mol. The molecular weight excluding hydrogens is 424 g/mol. The first-order chi connectivity index (χ1) is 14.5. The van der Waals surface area contributed by atoms with Gasteiger partial charge in [-0.05, 0) is 60.9 Å². The van der Waals surface area contributed by atoms with E-state index in [9.17, 15) is 4.79 Å². The average Bonchev–Trinajstić information content (AvgIpc) is 2.71. The Balaban J connectivity index is 0. The molecule has 0 aromatic carbocycles. The number of hydrogen-bond acceptors (Lipinski definition) is 9. The highest BCUT2D eigenvalue weighted by atomic mass is 28.4. The first kappa shape index (κ1) is 31.7. The molecule has 180 valence electrons. The molecule has 0 saturated heterocycles. The topological polar surface area (TPSA) is 111 Å². The summed E-state index contributed by atoms with van der Waals surface area (Å²) in [5, 5.41) is 0. The Morgan fingerprint density at radius 2 is 1.00 bits per heavy atom. The van der Waals surface area contributed by atoms with Crippen LogP contribution in [0.2, 0.25) is 12.1 Å². The number of carbonyl (C=O) groups excluding carboxylic acids is 1. The molecule has 0 bridgehead atoms. The summed E-state index contributed by atoms with van der Waals surface area (Å²) >= 11 is 0. The second kappa shape index (κ2) is 21.8. The van der Waals surface area contributed by atoms with Gasteiger partial charge in [-0.2, -0.15) is 0 Å². The highest BCUT2D eigenvalue weighted by Gasteiger charge is 2.40. The summed E-state index contributed by atoms with van der Waals surface area (Å²) in [5.41, 5.74) is 5.48. The van der Waals surface area contributed by atoms with Crippen molar-refractivity contribution < 1.29 is 31.4 Å². The van der Waals surface area contributed by atoms with E-state index >= 15 is 0 Å². The summed E-state index contributed by atoms with van der Waals surface area (Å²) in [6, 6.07) is 1.51. The van der Waals surface area contributed by atoms with Gasteiger partial charge in [0.2, 0.25) is 6.08 Å². The van der Waals surface area contributed by atoms with Crippen LogP contribution in [0.3, 0.4) is 0 Å². The van der Waals surface area contributed by atoms with Gasteiger partial charge in [-0.1, -0.05) is 0 Å². The van der Waals surface area contributed by atoms with Gasteiger partial charge in [0.05, 0.1) is 6.54 Å². The Morgan fingerprint density at radius 1 is 0.667 bits per heavy atom. The van der Waals surface area contributed by atoms with E-state index in [1.165, 1.54) is 6.08 Å². The third-order valence-corrected chi connectivity index (χ3v) is 9.99. The first-order valence-corrected chi connectivity index (χ1v) is 14.9. The van der Waals surface area contributed by atoms with E-state index in [1.54, 1.807) is 0 Å². The van der Waals surface area contributed by atoms with Gasteiger partial charge >= 0.3 is 17.6 Å². The Labute approximate surface area is 185 Å². The second-order valence-corrected chi connectivity index (χ2v) is 11.4. The molecule has 0 heterocycles. The van der Waals surface area contributed by atoms with E-state index in [0.717, 1.165) is 18.9 Å². The normalized spacial score (nSPS) is 11.6. The summed E-state index contributed by atoms with van der Waals surface area (Å²) in [6.07, 6.45) is 3.14. The predicted octanol–water partition coefficient (Wildman–Crippen LogP) is 3.14. The SMILES string of the molecule is CCO[Si](CCCN)(OCC)OCC.CCO[Si](CCCN=C=O)(OCC)OCC. The molecule has 0 fully saturated rings. The number of rotatable bonds is 19. The average molecular weight is 469 g/mol. The van der Waals surface area contributed by atoms with Gasteiger partial charge in [-0.25, -0.2) is 9.79 Å². The Kier molecular flexibility index (Phi) is 23.0. The van der Waals surface area contributed by atoms with Crippen LogP contribution in [0, 0.1) is 0 Å². The molecule has 0 aliphatic rings. The lowest BCUT2D eigenvalue weighted by Crippen LogP contribution is -2.46. The van der Waals surface area contributed by atoms with Crippen molar-refractivity contribution in [1.29, 1.82) is 0 Å². The summed E-state index contributed by atoms with van der Waals surface area (Å²) in [7, 11) is -4.93. The van der Waals surface area contributed by atoms with Gasteiger partial charge < -0.3 is 32.3 Å². The zero-order valence-electron chi connectivity index (χ0n) is 19.9. The molecule has 0 rings (SSSR count). The number of hydrogen-bond donors (Lipinski definition) is 1. The third kappa shape index (κ3) is 15.4. The van der Waals surface area contributed by atoms with Crippen molar-refractivity contribution in [2.24, 2.45) is 10.7 Å². The molecule has 0 aromatic heterocycles. The zero-order chi connectivity index (χ0) is 23.1. The molecule has 0 radical (unpaired) electrons. The van der Waals surface area contributed by atoms with Crippen LogP contribution in [-0.2, 0) is 31.4 Å². The van der Waals surface area contributed by atoms with Crippen LogP contribution in [0.4, 0.5) is 0 Å². The fraction of sp³-hybridized carbons (Fsp3) is 0.947. The molecule has 0 aromatic rings. The first-order valence-electron chi connectivity index (χ1n) is 11.1. The largest absolute Gasteiger partial charge is 0.500 e. The maximum atomic E-state index is 9.93. The van der Waals surface area contributed by atoms with Gasteiger partial charge in [0.25, 0.3) is 0 Å². The molecule has 0 aliphatic heterocycles. The van der Waals surface area contributed by atoms with Gasteiger partial charge in [0.1, 0.15) is 0 Å². The highest BCUT2D eigenvalue weighted by molar-refractivity contribution is 6.61. The minimum Gasteiger partial charge on any atom is -0.374 e. The van der Waals surface area contributed by atoms with Gasteiger partial charge in [0, 0.05) is 51.7 Å². The maximum Gasteiger partial charge on any atom is 0.500 e. The molecule has 0 amide bonds. The van der Waals surface area contributed by atoms with Crippen molar-refractivity contribution in [2.75, 3.05) is 52.7 Å². The van der Waals surface area contributed by atoms with Crippen LogP contribution in [0.15, 0.2) is 4.99 Å². The highest BCUT2D eigenvalue weighted by Crippen LogP contribution is 2.18. The van der Waals surface area contributed by atoms with E-state index in [0.29, 0.717) is 58.8 Å². The van der Waals surface area contributed by atoms with Gasteiger partial charge in [0.15, 0.2) is 0 Å². The van der Waals surface area contributed by atoms with Crippen LogP contribution < -0.4 is 5.73 Å². The molecule has 0 unspecified atom stereocenters. The maximum absolute atomic E-state index is 9.93. The molecule has 11 heteroatoms. The molecule has 9 nitrogen and oxygen atoms in total. The van der Waals surface area contributed by atoms with Crippen LogP contribution in [-0.4, -0.2) is 76.4 Å². The van der Waals surface area contributed by atoms with Crippen molar-refractivity contribution in [2.45, 2.75) is 66.5 Å². The minimum absolute atomic E-state index is 0.450. The van der Waals surface area contributed by atoms with Gasteiger partial charge in [-0.15, -0.1) is 0 Å². The molecule has 0 aliphatic carbocycles. The van der Waals surface area contributed by atoms with Gasteiger partial charge in [-0.3, -0.25) is 0 Å². The third-order valence-electron chi connectivity index (χ3n) is 3.69. The number of aliphatic imine (C=N–C) groups is 1. The molecule has 0 spiro atoms. The smallest absolute Gasteiger partial charge is 0.374 e. The van der Waals surface area contributed by atoms with Crippen molar-refractivity contribution in [3.63, 3.8) is 0 Å². The zero-order valence-corrected chi connectivity index (χ0v) is 21.9. The number of isocyanates is 1. The molecule has 0 saturated carbocycles. The van der Waals surface area contributed by atoms with Crippen LogP contribution in [0.25, 0.3) is 0 Å². The fourth-order valence-corrected chi connectivity index (χ4v) is 7.97. The lowest BCUT2D eigenvalue weighted by Gasteiger charge is -2.28. The standard InChI is InChI=1S/C10H21NO4Si.C9H23NO3Si/c1-4-13-16(14-5-2,15-6-3)9-7-8-11-10-12;1-4-11-14(12-5-2,13-6-3)9-7-8-10/h4-9H2,1-3H3;4-10H2,1-3H3. The fourth-order valence-electron chi connectivity index (χ4n) is 2.74. The number of nitrogens with zero attached hydrogens (tertiary/aromatic N) is 1. The van der Waals surface area contributed by atoms with Crippen molar-refractivity contribution in [1.82, 2.24) is 0 Å². The summed E-state index contributed by atoms with van der Waals surface area (Å²) in [6.45, 7) is 16.4. The van der Waals surface area contributed by atoms with Crippen LogP contribution >= 0.6 is 0 Å². The van der Waals surface area contributed by atoms with Crippen molar-refractivity contribution in [3.05, 3.63) is 0 Å². The molecule has 0 atom stereocenters. The number of nitrogens with two attached hydrogens (primary N) is 1. The monoisotopic (exact) mass is 468 g/mol. The second-order valence-electron chi connectivity index (χ2n) is 5.93. The molecule has 30 heavy (non-hydrogen) atoms. The summed E-state index contributed by atoms with van der Waals surface area (Å²) in [5.74, 6) is 0. The van der Waals surface area contributed by atoms with Crippen LogP contribution in [0.5, 0.6) is 0 Å². The summed E-state index contributed by atoms with van der Waals surface area (Å²) < 4.78 is 33.9. The quantitative estimate of drug-likeness (QED) is 0.133. The van der Waals surface area contributed by atoms with E-state index in [4.69, 9.17) is 32.3 Å².